The summed E-state index contributed by atoms with van der Waals surface area (Å²) >= 11 is 5.75. The summed E-state index contributed by atoms with van der Waals surface area (Å²) in [7, 11) is 0. The highest BCUT2D eigenvalue weighted by Crippen LogP contribution is 2.14. The molecule has 100 valence electrons. The molecule has 0 aliphatic rings. The van der Waals surface area contributed by atoms with Crippen molar-refractivity contribution in [2.45, 2.75) is 19.8 Å². The number of ether oxygens (including phenoxy) is 1. The third-order valence-corrected chi connectivity index (χ3v) is 2.54. The zero-order valence-corrected chi connectivity index (χ0v) is 11.3. The summed E-state index contributed by atoms with van der Waals surface area (Å²) in [5.41, 5.74) is 0. The maximum Gasteiger partial charge on any atom is 0.314 e. The smallest absolute Gasteiger partial charge is 0.314 e. The third-order valence-electron chi connectivity index (χ3n) is 2.29. The summed E-state index contributed by atoms with van der Waals surface area (Å²) in [6, 6.07) is 6.97. The number of nitrogens with one attached hydrogen (secondary N) is 2. The Labute approximate surface area is 113 Å². The lowest BCUT2D eigenvalue weighted by Crippen LogP contribution is -2.38. The van der Waals surface area contributed by atoms with E-state index in [9.17, 15) is 4.79 Å². The molecule has 2 N–H and O–H groups in total. The maximum atomic E-state index is 11.3. The number of hydrogen-bond acceptors (Lipinski definition) is 2. The summed E-state index contributed by atoms with van der Waals surface area (Å²) in [4.78, 5) is 11.3. The number of amides is 2. The number of unbranched alkanes of at least 4 members (excludes halogenated alkanes) is 1. The molecule has 0 aromatic heterocycles. The zero-order valence-electron chi connectivity index (χ0n) is 10.5. The van der Waals surface area contributed by atoms with E-state index in [1.54, 1.807) is 24.3 Å². The predicted octanol–water partition coefficient (Wildman–Crippen LogP) is 2.82. The van der Waals surface area contributed by atoms with Crippen LogP contribution in [0.25, 0.3) is 0 Å². The van der Waals surface area contributed by atoms with Crippen LogP contribution in [0, 0.1) is 0 Å². The van der Waals surface area contributed by atoms with Crippen molar-refractivity contribution in [3.63, 3.8) is 0 Å². The van der Waals surface area contributed by atoms with Gasteiger partial charge in [0.05, 0.1) is 6.54 Å². The fraction of sp³-hybridized carbons (Fsp3) is 0.462. The first-order chi connectivity index (χ1) is 8.72. The monoisotopic (exact) mass is 270 g/mol. The number of benzene rings is 1. The summed E-state index contributed by atoms with van der Waals surface area (Å²) < 4.78 is 5.44. The lowest BCUT2D eigenvalue weighted by Gasteiger charge is -2.08. The van der Waals surface area contributed by atoms with Crippen molar-refractivity contribution in [2.75, 3.05) is 19.7 Å². The van der Waals surface area contributed by atoms with Gasteiger partial charge in [-0.2, -0.15) is 0 Å². The molecule has 1 rings (SSSR count). The highest BCUT2D eigenvalue weighted by molar-refractivity contribution is 6.30. The number of rotatable bonds is 7. The van der Waals surface area contributed by atoms with Gasteiger partial charge in [0.2, 0.25) is 0 Å². The molecule has 1 aromatic rings. The van der Waals surface area contributed by atoms with E-state index in [4.69, 9.17) is 16.3 Å². The van der Waals surface area contributed by atoms with Gasteiger partial charge in [0.1, 0.15) is 12.4 Å². The lowest BCUT2D eigenvalue weighted by molar-refractivity contribution is 0.236. The van der Waals surface area contributed by atoms with Crippen molar-refractivity contribution in [1.29, 1.82) is 0 Å². The highest BCUT2D eigenvalue weighted by atomic mass is 35.5. The molecule has 18 heavy (non-hydrogen) atoms. The Bertz CT molecular complexity index is 355. The molecule has 4 nitrogen and oxygen atoms in total. The van der Waals surface area contributed by atoms with E-state index in [0.29, 0.717) is 24.7 Å². The van der Waals surface area contributed by atoms with Gasteiger partial charge in [0.25, 0.3) is 0 Å². The van der Waals surface area contributed by atoms with E-state index in [-0.39, 0.29) is 6.03 Å². The minimum absolute atomic E-state index is 0.150. The Balaban J connectivity index is 2.07. The van der Waals surface area contributed by atoms with Crippen LogP contribution in [-0.2, 0) is 0 Å². The quantitative estimate of drug-likeness (QED) is 0.749. The molecular weight excluding hydrogens is 252 g/mol. The highest BCUT2D eigenvalue weighted by Gasteiger charge is 1.98. The van der Waals surface area contributed by atoms with Crippen molar-refractivity contribution < 1.29 is 9.53 Å². The first-order valence-corrected chi connectivity index (χ1v) is 6.50. The average Bonchev–Trinajstić information content (AvgIpc) is 2.37. The largest absolute Gasteiger partial charge is 0.492 e. The first kappa shape index (κ1) is 14.6. The van der Waals surface area contributed by atoms with Crippen LogP contribution >= 0.6 is 11.6 Å². The van der Waals surface area contributed by atoms with Crippen LogP contribution in [0.15, 0.2) is 24.3 Å². The third kappa shape index (κ3) is 6.35. The van der Waals surface area contributed by atoms with Crippen LogP contribution in [0.5, 0.6) is 5.75 Å². The predicted molar refractivity (Wildman–Crippen MR) is 73.3 cm³/mol. The van der Waals surface area contributed by atoms with Gasteiger partial charge < -0.3 is 15.4 Å². The molecule has 0 saturated carbocycles. The Kier molecular flexibility index (Phi) is 7.03. The molecular formula is C13H19ClN2O2. The van der Waals surface area contributed by atoms with E-state index in [2.05, 4.69) is 17.6 Å². The Morgan fingerprint density at radius 3 is 2.56 bits per heavy atom. The van der Waals surface area contributed by atoms with Gasteiger partial charge in [-0.05, 0) is 30.7 Å². The minimum Gasteiger partial charge on any atom is -0.492 e. The van der Waals surface area contributed by atoms with Crippen molar-refractivity contribution in [3.05, 3.63) is 29.3 Å². The molecule has 2 amide bonds. The summed E-state index contributed by atoms with van der Waals surface area (Å²) in [6.45, 7) is 3.70. The van der Waals surface area contributed by atoms with Crippen LogP contribution in [-0.4, -0.2) is 25.7 Å². The van der Waals surface area contributed by atoms with E-state index in [1.807, 2.05) is 0 Å². The summed E-state index contributed by atoms with van der Waals surface area (Å²) in [5.74, 6) is 0.743. The normalized spacial score (nSPS) is 9.89. The number of urea groups is 1. The molecule has 0 heterocycles. The minimum atomic E-state index is -0.150. The molecule has 0 spiro atoms. The molecule has 0 radical (unpaired) electrons. The molecule has 0 fully saturated rings. The molecule has 0 aliphatic heterocycles. The standard InChI is InChI=1S/C13H19ClN2O2/c1-2-3-8-15-13(17)16-9-10-18-12-6-4-11(14)5-7-12/h4-7H,2-3,8-10H2,1H3,(H2,15,16,17). The van der Waals surface area contributed by atoms with Crippen LogP contribution in [0.1, 0.15) is 19.8 Å². The van der Waals surface area contributed by atoms with Crippen LogP contribution in [0.4, 0.5) is 4.79 Å². The van der Waals surface area contributed by atoms with Crippen molar-refractivity contribution in [1.82, 2.24) is 10.6 Å². The number of carbonyl (C=O) groups excluding carboxylic acids is 1. The molecule has 5 heteroatoms. The summed E-state index contributed by atoms with van der Waals surface area (Å²) in [6.07, 6.45) is 2.06. The second-order valence-electron chi connectivity index (χ2n) is 3.84. The Morgan fingerprint density at radius 1 is 1.22 bits per heavy atom. The number of halogens is 1. The first-order valence-electron chi connectivity index (χ1n) is 6.12. The lowest BCUT2D eigenvalue weighted by atomic mass is 10.3. The topological polar surface area (TPSA) is 50.4 Å². The second kappa shape index (κ2) is 8.64. The molecule has 1 aromatic carbocycles. The SMILES string of the molecule is CCCCNC(=O)NCCOc1ccc(Cl)cc1. The van der Waals surface area contributed by atoms with Gasteiger partial charge in [0, 0.05) is 11.6 Å². The number of hydrogen-bond donors (Lipinski definition) is 2. The Morgan fingerprint density at radius 2 is 1.89 bits per heavy atom. The van der Waals surface area contributed by atoms with Crippen LogP contribution < -0.4 is 15.4 Å². The van der Waals surface area contributed by atoms with Gasteiger partial charge in [-0.3, -0.25) is 0 Å². The second-order valence-corrected chi connectivity index (χ2v) is 4.28. The number of carbonyl (C=O) groups is 1. The van der Waals surface area contributed by atoms with Crippen LogP contribution in [0.2, 0.25) is 5.02 Å². The van der Waals surface area contributed by atoms with Gasteiger partial charge in [0.15, 0.2) is 0 Å². The summed E-state index contributed by atoms with van der Waals surface area (Å²) in [5, 5.41) is 6.17. The zero-order chi connectivity index (χ0) is 13.2. The molecule has 0 atom stereocenters. The van der Waals surface area contributed by atoms with E-state index < -0.39 is 0 Å². The molecule has 0 saturated heterocycles. The van der Waals surface area contributed by atoms with Gasteiger partial charge in [-0.1, -0.05) is 24.9 Å². The fourth-order valence-electron chi connectivity index (χ4n) is 1.31. The van der Waals surface area contributed by atoms with Gasteiger partial charge in [-0.25, -0.2) is 4.79 Å². The van der Waals surface area contributed by atoms with Crippen LogP contribution in [0.3, 0.4) is 0 Å². The van der Waals surface area contributed by atoms with Gasteiger partial charge in [-0.15, -0.1) is 0 Å². The van der Waals surface area contributed by atoms with E-state index >= 15 is 0 Å². The van der Waals surface area contributed by atoms with E-state index in [1.165, 1.54) is 0 Å². The van der Waals surface area contributed by atoms with Crippen molar-refractivity contribution in [3.8, 4) is 5.75 Å². The molecule has 0 aliphatic carbocycles. The van der Waals surface area contributed by atoms with E-state index in [0.717, 1.165) is 18.6 Å². The molecule has 0 bridgehead atoms. The fourth-order valence-corrected chi connectivity index (χ4v) is 1.43. The maximum absolute atomic E-state index is 11.3. The van der Waals surface area contributed by atoms with Crippen molar-refractivity contribution >= 4 is 17.6 Å². The average molecular weight is 271 g/mol. The Hall–Kier alpha value is -1.42. The molecule has 0 unspecified atom stereocenters. The van der Waals surface area contributed by atoms with Crippen molar-refractivity contribution in [2.24, 2.45) is 0 Å². The van der Waals surface area contributed by atoms with Gasteiger partial charge >= 0.3 is 6.03 Å².